The van der Waals surface area contributed by atoms with Gasteiger partial charge in [-0.15, -0.1) is 11.3 Å². The van der Waals surface area contributed by atoms with E-state index in [-0.39, 0.29) is 42.1 Å². The number of ether oxygens (including phenoxy) is 1. The summed E-state index contributed by atoms with van der Waals surface area (Å²) in [6.45, 7) is 2.57. The van der Waals surface area contributed by atoms with Crippen molar-refractivity contribution in [3.8, 4) is 0 Å². The van der Waals surface area contributed by atoms with Crippen LogP contribution in [-0.2, 0) is 14.3 Å². The maximum Gasteiger partial charge on any atom is 0.251 e. The summed E-state index contributed by atoms with van der Waals surface area (Å²) in [4.78, 5) is 45.0. The van der Waals surface area contributed by atoms with Gasteiger partial charge in [0.2, 0.25) is 5.91 Å². The van der Waals surface area contributed by atoms with Gasteiger partial charge in [0.1, 0.15) is 18.7 Å². The van der Waals surface area contributed by atoms with Gasteiger partial charge in [-0.25, -0.2) is 4.98 Å². The van der Waals surface area contributed by atoms with Gasteiger partial charge in [0.25, 0.3) is 5.91 Å². The molecule has 2 aliphatic heterocycles. The first-order valence-electron chi connectivity index (χ1n) is 10.6. The second-order valence-electron chi connectivity index (χ2n) is 8.69. The fourth-order valence-corrected chi connectivity index (χ4v) is 5.91. The van der Waals surface area contributed by atoms with E-state index in [4.69, 9.17) is 4.74 Å². The molecule has 2 aromatic rings. The first-order chi connectivity index (χ1) is 14.5. The molecule has 158 valence electrons. The zero-order chi connectivity index (χ0) is 20.8. The predicted molar refractivity (Wildman–Crippen MR) is 112 cm³/mol. The molecule has 2 saturated heterocycles. The lowest BCUT2D eigenvalue weighted by molar-refractivity contribution is -0.139. The van der Waals surface area contributed by atoms with Crippen molar-refractivity contribution >= 4 is 39.2 Å². The van der Waals surface area contributed by atoms with Crippen molar-refractivity contribution in [2.45, 2.75) is 50.8 Å². The molecule has 3 fully saturated rings. The summed E-state index contributed by atoms with van der Waals surface area (Å²) < 4.78 is 6.58. The van der Waals surface area contributed by atoms with Gasteiger partial charge in [-0.3, -0.25) is 14.4 Å². The maximum atomic E-state index is 13.6. The van der Waals surface area contributed by atoms with Crippen LogP contribution in [0.1, 0.15) is 43.0 Å². The number of rotatable bonds is 4. The van der Waals surface area contributed by atoms with Crippen LogP contribution >= 0.6 is 11.3 Å². The van der Waals surface area contributed by atoms with Gasteiger partial charge in [0.05, 0.1) is 21.8 Å². The van der Waals surface area contributed by atoms with E-state index in [1.807, 2.05) is 19.1 Å². The lowest BCUT2D eigenvalue weighted by Gasteiger charge is -2.30. The molecule has 5 rings (SSSR count). The average Bonchev–Trinajstić information content (AvgIpc) is 3.52. The van der Waals surface area contributed by atoms with Crippen LogP contribution in [0.4, 0.5) is 0 Å². The normalized spacial score (nSPS) is 27.6. The number of Topliss-reactive ketones (excluding diaryl/α,β-unsaturated/α-hetero) is 1. The number of ketones is 1. The molecule has 8 heteroatoms. The molecule has 0 spiro atoms. The zero-order valence-corrected chi connectivity index (χ0v) is 17.7. The fraction of sp³-hybridized carbons (Fsp3) is 0.545. The van der Waals surface area contributed by atoms with Crippen molar-refractivity contribution in [3.63, 3.8) is 0 Å². The van der Waals surface area contributed by atoms with Gasteiger partial charge < -0.3 is 15.0 Å². The first-order valence-corrected chi connectivity index (χ1v) is 11.5. The lowest BCUT2D eigenvalue weighted by Crippen LogP contribution is -2.54. The summed E-state index contributed by atoms with van der Waals surface area (Å²) in [7, 11) is 0. The number of hydrogen-bond acceptors (Lipinski definition) is 6. The standard InChI is InChI=1S/C22H25N3O4S/c1-12-9-25(19-16(26)10-29-20(12)19)22(28)18(13-4-2-3-5-13)24-21(27)14-6-7-15-17(8-14)30-11-23-15/h6-8,11-13,18-20H,2-5,9-10H2,1H3,(H,24,27)/t12-,18+,19-,20-/m1/s1. The van der Waals surface area contributed by atoms with Crippen LogP contribution in [0.15, 0.2) is 23.7 Å². The molecule has 3 aliphatic rings. The number of benzene rings is 1. The van der Waals surface area contributed by atoms with Crippen molar-refractivity contribution in [2.24, 2.45) is 11.8 Å². The SMILES string of the molecule is C[C@@H]1CN(C(=O)[C@@H](NC(=O)c2ccc3ncsc3c2)C2CCCC2)[C@@H]2C(=O)CO[C@H]12. The van der Waals surface area contributed by atoms with Gasteiger partial charge in [0.15, 0.2) is 5.78 Å². The van der Waals surface area contributed by atoms with Gasteiger partial charge in [-0.2, -0.15) is 0 Å². The molecular weight excluding hydrogens is 402 g/mol. The third kappa shape index (κ3) is 3.32. The Balaban J connectivity index is 1.40. The number of carbonyl (C=O) groups excluding carboxylic acids is 3. The third-order valence-electron chi connectivity index (χ3n) is 6.74. The molecule has 1 saturated carbocycles. The number of fused-ring (bicyclic) bond motifs is 2. The smallest absolute Gasteiger partial charge is 0.251 e. The Kier molecular flexibility index (Phi) is 5.06. The fourth-order valence-electron chi connectivity index (χ4n) is 5.19. The number of amides is 2. The Morgan fingerprint density at radius 1 is 1.30 bits per heavy atom. The van der Waals surface area contributed by atoms with Crippen LogP contribution in [0.3, 0.4) is 0 Å². The van der Waals surface area contributed by atoms with E-state index >= 15 is 0 Å². The van der Waals surface area contributed by atoms with E-state index in [9.17, 15) is 14.4 Å². The molecule has 0 bridgehead atoms. The van der Waals surface area contributed by atoms with Gasteiger partial charge in [0, 0.05) is 18.0 Å². The van der Waals surface area contributed by atoms with Crippen LogP contribution in [0.5, 0.6) is 0 Å². The molecule has 1 aliphatic carbocycles. The molecule has 1 aromatic carbocycles. The predicted octanol–water partition coefficient (Wildman–Crippen LogP) is 2.40. The summed E-state index contributed by atoms with van der Waals surface area (Å²) in [5.74, 6) is -0.232. The summed E-state index contributed by atoms with van der Waals surface area (Å²) >= 11 is 1.48. The van der Waals surface area contributed by atoms with E-state index in [1.165, 1.54) is 11.3 Å². The number of hydrogen-bond donors (Lipinski definition) is 1. The molecule has 2 amide bonds. The Morgan fingerprint density at radius 3 is 2.90 bits per heavy atom. The Bertz CT molecular complexity index is 999. The zero-order valence-electron chi connectivity index (χ0n) is 16.9. The minimum atomic E-state index is -0.614. The van der Waals surface area contributed by atoms with Gasteiger partial charge >= 0.3 is 0 Å². The number of aromatic nitrogens is 1. The van der Waals surface area contributed by atoms with E-state index in [0.29, 0.717) is 12.1 Å². The van der Waals surface area contributed by atoms with Crippen LogP contribution in [0.25, 0.3) is 10.2 Å². The second-order valence-corrected chi connectivity index (χ2v) is 9.57. The number of nitrogens with zero attached hydrogens (tertiary/aromatic N) is 2. The van der Waals surface area contributed by atoms with Gasteiger partial charge in [-0.1, -0.05) is 19.8 Å². The van der Waals surface area contributed by atoms with Crippen LogP contribution < -0.4 is 5.32 Å². The lowest BCUT2D eigenvalue weighted by atomic mass is 9.95. The summed E-state index contributed by atoms with van der Waals surface area (Å²) in [6, 6.07) is 4.27. The molecule has 7 nitrogen and oxygen atoms in total. The highest BCUT2D eigenvalue weighted by atomic mass is 32.1. The molecule has 30 heavy (non-hydrogen) atoms. The van der Waals surface area contributed by atoms with E-state index < -0.39 is 12.1 Å². The van der Waals surface area contributed by atoms with Crippen molar-refractivity contribution in [3.05, 3.63) is 29.3 Å². The first kappa shape index (κ1) is 19.6. The second kappa shape index (κ2) is 7.74. The van der Waals surface area contributed by atoms with E-state index in [1.54, 1.807) is 16.5 Å². The third-order valence-corrected chi connectivity index (χ3v) is 7.53. The number of likely N-dealkylation sites (tertiary alicyclic amines) is 1. The van der Waals surface area contributed by atoms with Crippen LogP contribution in [0.2, 0.25) is 0 Å². The molecular formula is C22H25N3O4S. The van der Waals surface area contributed by atoms with Crippen molar-refractivity contribution < 1.29 is 19.1 Å². The largest absolute Gasteiger partial charge is 0.367 e. The minimum Gasteiger partial charge on any atom is -0.367 e. The summed E-state index contributed by atoms with van der Waals surface area (Å²) in [5, 5.41) is 3.02. The summed E-state index contributed by atoms with van der Waals surface area (Å²) in [6.07, 6.45) is 3.71. The number of nitrogens with one attached hydrogen (secondary N) is 1. The van der Waals surface area contributed by atoms with Gasteiger partial charge in [-0.05, 0) is 37.0 Å². The molecule has 0 radical (unpaired) electrons. The topological polar surface area (TPSA) is 88.6 Å². The Labute approximate surface area is 178 Å². The Morgan fingerprint density at radius 2 is 2.10 bits per heavy atom. The number of carbonyl (C=O) groups is 3. The van der Waals surface area contributed by atoms with Crippen molar-refractivity contribution in [2.75, 3.05) is 13.2 Å². The van der Waals surface area contributed by atoms with E-state index in [0.717, 1.165) is 35.9 Å². The maximum absolute atomic E-state index is 13.6. The van der Waals surface area contributed by atoms with Crippen molar-refractivity contribution in [1.29, 1.82) is 0 Å². The van der Waals surface area contributed by atoms with Crippen LogP contribution in [0, 0.1) is 11.8 Å². The summed E-state index contributed by atoms with van der Waals surface area (Å²) in [5.41, 5.74) is 3.13. The Hall–Kier alpha value is -2.32. The molecule has 1 aromatic heterocycles. The molecule has 0 unspecified atom stereocenters. The molecule has 1 N–H and O–H groups in total. The highest BCUT2D eigenvalue weighted by molar-refractivity contribution is 7.16. The monoisotopic (exact) mass is 427 g/mol. The molecule has 4 atom stereocenters. The highest BCUT2D eigenvalue weighted by Crippen LogP contribution is 2.35. The van der Waals surface area contributed by atoms with Crippen molar-refractivity contribution in [1.82, 2.24) is 15.2 Å². The van der Waals surface area contributed by atoms with Crippen LogP contribution in [-0.4, -0.2) is 58.8 Å². The molecule has 3 heterocycles. The number of thiazole rings is 1. The quantitative estimate of drug-likeness (QED) is 0.810. The van der Waals surface area contributed by atoms with E-state index in [2.05, 4.69) is 10.3 Å². The average molecular weight is 428 g/mol. The minimum absolute atomic E-state index is 0.0372. The highest BCUT2D eigenvalue weighted by Gasteiger charge is 2.52.